The van der Waals surface area contributed by atoms with Gasteiger partial charge in [-0.15, -0.1) is 0 Å². The van der Waals surface area contributed by atoms with Crippen LogP contribution in [0.25, 0.3) is 33.1 Å². The van der Waals surface area contributed by atoms with Crippen molar-refractivity contribution in [3.63, 3.8) is 0 Å². The van der Waals surface area contributed by atoms with Crippen LogP contribution in [0.5, 0.6) is 28.7 Å². The van der Waals surface area contributed by atoms with Gasteiger partial charge in [0.15, 0.2) is 5.78 Å². The molecule has 1 amide bonds. The Labute approximate surface area is 792 Å². The summed E-state index contributed by atoms with van der Waals surface area (Å²) in [6, 6.07) is 39.9. The Bertz CT molecular complexity index is 5770. The van der Waals surface area contributed by atoms with E-state index in [-0.39, 0.29) is 37.0 Å². The fourth-order valence-corrected chi connectivity index (χ4v) is 24.5. The number of piperidine rings is 3. The van der Waals surface area contributed by atoms with Crippen molar-refractivity contribution in [1.29, 1.82) is 0 Å². The fourth-order valence-electron chi connectivity index (χ4n) is 13.9. The highest BCUT2D eigenvalue weighted by Crippen LogP contribution is 2.30. The monoisotopic (exact) mass is 1950 g/mol. The van der Waals surface area contributed by atoms with Crippen molar-refractivity contribution in [1.82, 2.24) is 54.0 Å². The molecule has 0 saturated carbocycles. The van der Waals surface area contributed by atoms with E-state index in [2.05, 4.69) is 87.0 Å². The van der Waals surface area contributed by atoms with Gasteiger partial charge in [-0.25, -0.2) is 13.6 Å². The van der Waals surface area contributed by atoms with E-state index >= 15 is 0 Å². The highest BCUT2D eigenvalue weighted by Gasteiger charge is 2.25. The van der Waals surface area contributed by atoms with E-state index in [9.17, 15) is 27.6 Å². The number of nitrogens with one attached hydrogen (secondary N) is 2. The maximum absolute atomic E-state index is 13.7. The Balaban J connectivity index is 0.000000215. The van der Waals surface area contributed by atoms with Crippen molar-refractivity contribution < 1.29 is 57.3 Å². The molecule has 3 aromatic heterocycles. The Kier molecular flexibility index (Phi) is 45.6. The van der Waals surface area contributed by atoms with Gasteiger partial charge in [-0.1, -0.05) is 80.6 Å². The van der Waals surface area contributed by atoms with Crippen molar-refractivity contribution in [2.45, 2.75) is 143 Å². The number of nitrogens with zero attached hydrogens (tertiary/aromatic N) is 11. The lowest BCUT2D eigenvalue weighted by Crippen LogP contribution is -2.46. The molecular weight excluding hydrogens is 1840 g/mol. The molecule has 23 nitrogen and oxygen atoms in total. The molecule has 0 spiro atoms. The van der Waals surface area contributed by atoms with E-state index in [4.69, 9.17) is 84.4 Å². The molecule has 8 heterocycles. The number of alkyl halides is 1. The number of aldehydes is 1. The SMILES string of the molecule is C.COc1ccc2c(c1)CC(=O)C=N2.COc1ccc2c(c1)CC(=S)C=N2.COc1ccc2ncc(=S)n(CCN3CCC(N)CC3)c2c1.COc1ccc2ncc(=S)n(CCN3CCC(NC(=O)OC(C)(C)C)CC3)c2c1.COc1ccc2ncc(=S)n(CCN3CCC(NCc4ccc(C)c(F)c4)CC3)c2c1.Cc1ccc(C=O)cc1F.S=PP=S=S=S=S.[2H]CF. The molecule has 3 fully saturated rings. The predicted molar refractivity (Wildman–Crippen MR) is 540 cm³/mol. The number of aromatic nitrogens is 6. The molecule has 5 aliphatic rings. The number of ketones is 1. The number of rotatable bonds is 20. The molecule has 0 atom stereocenters. The lowest BCUT2D eigenvalue weighted by molar-refractivity contribution is -0.112. The number of thiocarbonyl (C=S) groups is 1. The van der Waals surface area contributed by atoms with Crippen LogP contribution in [0.3, 0.4) is 0 Å². The third-order valence-electron chi connectivity index (χ3n) is 20.9. The number of aryl methyl sites for hydroxylation is 2. The molecule has 4 N–H and O–H groups in total. The van der Waals surface area contributed by atoms with Crippen LogP contribution in [0.1, 0.15) is 106 Å². The van der Waals surface area contributed by atoms with Crippen LogP contribution < -0.4 is 40.1 Å². The molecular formula is C91H113F3N14O9P2S9. The summed E-state index contributed by atoms with van der Waals surface area (Å²) in [5, 5.41) is 6.57. The second-order valence-electron chi connectivity index (χ2n) is 30.6. The van der Waals surface area contributed by atoms with Crippen molar-refractivity contribution in [3.8, 4) is 28.7 Å². The number of carbonyl (C=O) groups is 3. The number of methoxy groups -OCH3 is 5. The number of nitrogens with two attached hydrogens (primary N) is 1. The minimum atomic E-state index is -1.00. The summed E-state index contributed by atoms with van der Waals surface area (Å²) < 4.78 is 82.0. The van der Waals surface area contributed by atoms with Gasteiger partial charge in [0.05, 0.1) is 113 Å². The Morgan fingerprint density at radius 1 is 0.578 bits per heavy atom. The van der Waals surface area contributed by atoms with Crippen molar-refractivity contribution >= 4 is 193 Å². The first-order valence-corrected chi connectivity index (χ1v) is 51.0. The van der Waals surface area contributed by atoms with Gasteiger partial charge in [-0.3, -0.25) is 38.9 Å². The molecule has 7 aromatic carbocycles. The normalized spacial score (nSPS) is 14.5. The quantitative estimate of drug-likeness (QED) is 0.0365. The Morgan fingerprint density at radius 2 is 0.984 bits per heavy atom. The van der Waals surface area contributed by atoms with E-state index in [1.807, 2.05) is 124 Å². The number of aliphatic imine (C=N–C) groups is 2. The molecule has 15 rings (SSSR count). The average molecular weight is 1960 g/mol. The first kappa shape index (κ1) is 105. The summed E-state index contributed by atoms with van der Waals surface area (Å²) in [6.45, 7) is 21.2. The minimum absolute atomic E-state index is 0. The van der Waals surface area contributed by atoms with Crippen LogP contribution in [0, 0.1) is 39.4 Å². The number of carbonyl (C=O) groups excluding carboxylic acids is 3. The summed E-state index contributed by atoms with van der Waals surface area (Å²) >= 11 is 30.8. The summed E-state index contributed by atoms with van der Waals surface area (Å²) in [5.41, 5.74) is 17.8. The molecule has 3 saturated heterocycles. The number of alkyl carbamates (subject to hydrolysis) is 1. The smallest absolute Gasteiger partial charge is 0.407 e. The third-order valence-corrected chi connectivity index (χ3v) is 32.1. The lowest BCUT2D eigenvalue weighted by atomic mass is 10.0. The maximum atomic E-state index is 13.7. The zero-order chi connectivity index (χ0) is 92.7. The summed E-state index contributed by atoms with van der Waals surface area (Å²) in [5.74, 6) is 3.64. The van der Waals surface area contributed by atoms with Crippen LogP contribution in [0.4, 0.5) is 29.3 Å². The number of fused-ring (bicyclic) bond motifs is 5. The van der Waals surface area contributed by atoms with Crippen molar-refractivity contribution in [2.75, 3.05) is 102 Å². The molecule has 0 unspecified atom stereocenters. The first-order valence-electron chi connectivity index (χ1n) is 41.5. The van der Waals surface area contributed by atoms with Crippen LogP contribution in [-0.4, -0.2) is 204 Å². The van der Waals surface area contributed by atoms with Gasteiger partial charge in [0.1, 0.15) is 66.2 Å². The molecule has 128 heavy (non-hydrogen) atoms. The maximum Gasteiger partial charge on any atom is 0.407 e. The van der Waals surface area contributed by atoms with Gasteiger partial charge in [0.25, 0.3) is 0 Å². The molecule has 10 aromatic rings. The number of likely N-dealkylation sites (tertiary alicyclic amines) is 3. The number of halogens is 3. The molecule has 0 radical (unpaired) electrons. The zero-order valence-corrected chi connectivity index (χ0v) is 81.9. The number of ether oxygens (including phenoxy) is 6. The highest BCUT2D eigenvalue weighted by atomic mass is 33.3. The van der Waals surface area contributed by atoms with E-state index in [0.29, 0.717) is 52.7 Å². The van der Waals surface area contributed by atoms with E-state index < -0.39 is 12.8 Å². The lowest BCUT2D eigenvalue weighted by Gasteiger charge is -2.33. The summed E-state index contributed by atoms with van der Waals surface area (Å²) in [4.78, 5) is 62.9. The molecule has 5 aliphatic heterocycles. The summed E-state index contributed by atoms with van der Waals surface area (Å²) in [7, 11) is 14.1. The zero-order valence-electron chi connectivity index (χ0n) is 73.8. The number of amides is 1. The van der Waals surface area contributed by atoms with Gasteiger partial charge in [-0.05, 0) is 262 Å². The first-order chi connectivity index (χ1) is 61.6. The number of benzene rings is 7. The van der Waals surface area contributed by atoms with Crippen LogP contribution in [-0.2, 0) is 98.8 Å². The van der Waals surface area contributed by atoms with Crippen LogP contribution >= 0.6 is 63.0 Å². The second-order valence-corrected chi connectivity index (χ2v) is 42.1. The second kappa shape index (κ2) is 55.7. The van der Waals surface area contributed by atoms with Gasteiger partial charge in [-0.2, -0.15) is 0 Å². The third kappa shape index (κ3) is 34.7. The largest absolute Gasteiger partial charge is 0.497 e. The minimum Gasteiger partial charge on any atom is -0.497 e. The molecule has 686 valence electrons. The van der Waals surface area contributed by atoms with Crippen molar-refractivity contribution in [2.24, 2.45) is 15.7 Å². The highest BCUT2D eigenvalue weighted by molar-refractivity contribution is 8.63. The molecule has 0 aliphatic carbocycles. The number of Topliss-reactive ketones (excluding diaryl/α,β-unsaturated/α-hetero) is 1. The molecule has 37 heteroatoms. The number of hydrogen-bond donors (Lipinski definition) is 3. The fraction of sp³-hybridized carbons (Fsp3) is 0.407. The predicted octanol–water partition coefficient (Wildman–Crippen LogP) is 19.2. The Hall–Kier alpha value is -8.45. The average Bonchev–Trinajstić information content (AvgIpc) is 0.799. The van der Waals surface area contributed by atoms with Gasteiger partial charge in [0, 0.05) is 139 Å². The molecule has 0 bridgehead atoms. The topological polar surface area (TPSA) is 245 Å². The Morgan fingerprint density at radius 3 is 1.40 bits per heavy atom. The van der Waals surface area contributed by atoms with E-state index in [1.165, 1.54) is 28.2 Å². The van der Waals surface area contributed by atoms with Gasteiger partial charge >= 0.3 is 6.09 Å². The standard InChI is InChI=1S/C24H29FN4OS.C21H30N4O3S.C16H22N4OS.C10H9NO2.C10H9NOS.C8H7FO.CH3F.CH4.P2S5/c1-17-3-4-18(13-21(17)25)15-26-19-7-9-28(10-8-19)11-12-29-23-14-20(30-2)5-6-22(23)27-16-24(29)31;1-21(2,3)28-20(26)23-15-7-9-24(10-8-15)11-12-25-18-13-16(27-4)5-6-17(18)22-14-19(25)29;1-21-13-2-3-14-15(10-13)20(16(22)11-18-14)9-8-19-6-4-12(17)5-7-19;1-13-9-2-3-10-7(5-9)4-8(12)6-11-10;1-12-8-2-3-10-7(4-8)5-9(13)6-11-10;1-6-2-3-7(5-10)4-8(6)9;1-2;;3-1-2-5-7-6-4/h3-6,13-14,16,19,26H,7-12,15H2,1-2H3;5-6,13-15H,7-12H2,1-4H3,(H,23,26);2-3,10-12H,4-9,17H2,1H3;2-3,5-6H,4H2,1H3;2-4,6H,5H2,1H3;2-5H,1H3;1H3;1H4;/i;;;;;;1D;;. The summed E-state index contributed by atoms with van der Waals surface area (Å²) in [6.07, 6.45) is 16.0. The van der Waals surface area contributed by atoms with Crippen molar-refractivity contribution in [3.05, 3.63) is 205 Å². The van der Waals surface area contributed by atoms with Crippen LogP contribution in [0.15, 0.2) is 156 Å². The van der Waals surface area contributed by atoms with E-state index in [1.54, 1.807) is 111 Å². The van der Waals surface area contributed by atoms with Gasteiger partial charge in [0.2, 0.25) is 0 Å². The number of hydrogen-bond acceptors (Lipinski definition) is 25. The van der Waals surface area contributed by atoms with Crippen LogP contribution in [0.2, 0.25) is 0 Å². The van der Waals surface area contributed by atoms with E-state index in [0.717, 1.165) is 235 Å². The van der Waals surface area contributed by atoms with Gasteiger partial charge < -0.3 is 73.2 Å².